The predicted molar refractivity (Wildman–Crippen MR) is 72.2 cm³/mol. The molecule has 0 aromatic heterocycles. The summed E-state index contributed by atoms with van der Waals surface area (Å²) in [6, 6.07) is 0. The third kappa shape index (κ3) is 6.71. The van der Waals surface area contributed by atoms with Gasteiger partial charge in [-0.1, -0.05) is 6.58 Å². The van der Waals surface area contributed by atoms with E-state index < -0.39 is 44.3 Å². The smallest absolute Gasteiger partial charge is 1.00 e. The Hall–Kier alpha value is -1.20. The van der Waals surface area contributed by atoms with Gasteiger partial charge in [0.1, 0.15) is 5.25 Å². The van der Waals surface area contributed by atoms with Gasteiger partial charge in [0, 0.05) is 6.08 Å². The third-order valence-electron chi connectivity index (χ3n) is 2.39. The summed E-state index contributed by atoms with van der Waals surface area (Å²) in [6.07, 6.45) is 0.951. The first-order valence-electron chi connectivity index (χ1n) is 5.41. The van der Waals surface area contributed by atoms with E-state index in [1.807, 2.05) is 0 Å². The summed E-state index contributed by atoms with van der Waals surface area (Å²) < 4.78 is 32.1. The van der Waals surface area contributed by atoms with Crippen LogP contribution < -0.4 is 34.9 Å². The first-order valence-corrected chi connectivity index (χ1v) is 6.92. The molecule has 0 fully saturated rings. The van der Waals surface area contributed by atoms with Gasteiger partial charge in [-0.3, -0.25) is 9.35 Å². The Morgan fingerprint density at radius 3 is 2.00 bits per heavy atom. The number of nitrogens with one attached hydrogen (secondary N) is 1. The molecule has 0 aliphatic rings. The van der Waals surface area contributed by atoms with Crippen molar-refractivity contribution in [2.75, 3.05) is 0 Å². The number of amides is 1. The number of aliphatic carboxylic acids is 2. The first kappa shape index (κ1) is 23.1. The monoisotopic (exact) mass is 345 g/mol. The molecule has 22 heavy (non-hydrogen) atoms. The minimum absolute atomic E-state index is 0. The van der Waals surface area contributed by atoms with E-state index in [1.165, 1.54) is 0 Å². The molecular formula is C11H16NNaO8S. The van der Waals surface area contributed by atoms with Crippen LogP contribution in [0.25, 0.3) is 0 Å². The summed E-state index contributed by atoms with van der Waals surface area (Å²) in [6.45, 7) is 5.38. The fraction of sp³-hybridized carbons (Fsp3) is 0.364. The molecule has 0 spiro atoms. The van der Waals surface area contributed by atoms with Crippen molar-refractivity contribution < 1.29 is 68.6 Å². The number of carboxylic acid groups (broad SMARTS) is 2. The second-order valence-corrected chi connectivity index (χ2v) is 6.05. The number of carboxylic acids is 2. The van der Waals surface area contributed by atoms with E-state index in [4.69, 9.17) is 10.2 Å². The molecule has 0 saturated carbocycles. The number of rotatable bonds is 7. The van der Waals surface area contributed by atoms with E-state index in [0.717, 1.165) is 19.9 Å². The van der Waals surface area contributed by atoms with Crippen LogP contribution in [0.2, 0.25) is 0 Å². The largest absolute Gasteiger partial charge is 1.00 e. The van der Waals surface area contributed by atoms with Gasteiger partial charge in [0.2, 0.25) is 5.91 Å². The van der Waals surface area contributed by atoms with Crippen LogP contribution in [0.1, 0.15) is 15.3 Å². The molecule has 1 amide bonds. The Bertz CT molecular complexity index is 614. The van der Waals surface area contributed by atoms with Gasteiger partial charge >= 0.3 is 41.5 Å². The van der Waals surface area contributed by atoms with E-state index in [2.05, 4.69) is 11.9 Å². The summed E-state index contributed by atoms with van der Waals surface area (Å²) in [4.78, 5) is 33.0. The molecule has 0 aliphatic heterocycles. The van der Waals surface area contributed by atoms with Crippen LogP contribution in [0.5, 0.6) is 0 Å². The minimum Gasteiger partial charge on any atom is -1.00 e. The second-order valence-electron chi connectivity index (χ2n) is 4.55. The predicted octanol–water partition coefficient (Wildman–Crippen LogP) is -3.46. The van der Waals surface area contributed by atoms with E-state index in [1.54, 1.807) is 0 Å². The maximum Gasteiger partial charge on any atom is 1.00 e. The Morgan fingerprint density at radius 2 is 1.73 bits per heavy atom. The second kappa shape index (κ2) is 8.44. The van der Waals surface area contributed by atoms with Crippen LogP contribution >= 0.6 is 0 Å². The van der Waals surface area contributed by atoms with Gasteiger partial charge < -0.3 is 17.0 Å². The standard InChI is InChI=1S/C11H15NO8S.Na.H/c1-4-7(13)12-11(2,3)9(21(18,19)20)6(10(16)17)5-8(14)15;;/h4-5,9H,1H2,2-3H3,(H,12,13)(H,14,15)(H,16,17)(H,18,19,20);;/q;+1;-1/b6-5-;;. The van der Waals surface area contributed by atoms with Crippen LogP contribution in [0.4, 0.5) is 0 Å². The molecule has 0 aromatic rings. The molecule has 9 nitrogen and oxygen atoms in total. The van der Waals surface area contributed by atoms with Crippen molar-refractivity contribution in [2.45, 2.75) is 24.6 Å². The van der Waals surface area contributed by atoms with Crippen molar-refractivity contribution in [3.63, 3.8) is 0 Å². The van der Waals surface area contributed by atoms with Gasteiger partial charge in [-0.2, -0.15) is 8.42 Å². The molecule has 0 heterocycles. The maximum atomic E-state index is 11.5. The maximum absolute atomic E-state index is 11.5. The van der Waals surface area contributed by atoms with Crippen molar-refractivity contribution in [1.82, 2.24) is 5.32 Å². The summed E-state index contributed by atoms with van der Waals surface area (Å²) in [5.41, 5.74) is -2.90. The molecule has 0 radical (unpaired) electrons. The Labute approximate surface area is 150 Å². The Kier molecular flexibility index (Phi) is 8.85. The summed E-state index contributed by atoms with van der Waals surface area (Å²) in [5, 5.41) is 17.5. The first-order chi connectivity index (χ1) is 9.32. The zero-order chi connectivity index (χ0) is 17.0. The SMILES string of the molecule is C=CC(=O)NC(C)(C)C(/C(=C/C(=O)O)C(=O)O)S(=O)(=O)O.[H-].[Na+]. The number of carbonyl (C=O) groups excluding carboxylic acids is 1. The minimum atomic E-state index is -5.03. The number of hydrogen-bond acceptors (Lipinski definition) is 5. The molecule has 0 aromatic carbocycles. The molecule has 120 valence electrons. The number of hydrogen-bond donors (Lipinski definition) is 4. The fourth-order valence-corrected chi connectivity index (χ4v) is 3.03. The van der Waals surface area contributed by atoms with Crippen LogP contribution in [0.15, 0.2) is 24.3 Å². The molecule has 0 saturated heterocycles. The number of carbonyl (C=O) groups is 3. The molecule has 11 heteroatoms. The van der Waals surface area contributed by atoms with E-state index >= 15 is 0 Å². The van der Waals surface area contributed by atoms with Gasteiger partial charge in [0.05, 0.1) is 11.1 Å². The van der Waals surface area contributed by atoms with Crippen molar-refractivity contribution in [3.05, 3.63) is 24.3 Å². The average Bonchev–Trinajstić information content (AvgIpc) is 2.24. The summed E-state index contributed by atoms with van der Waals surface area (Å²) in [7, 11) is -5.03. The molecule has 4 N–H and O–H groups in total. The van der Waals surface area contributed by atoms with E-state index in [9.17, 15) is 27.4 Å². The van der Waals surface area contributed by atoms with Crippen LogP contribution in [0.3, 0.4) is 0 Å². The van der Waals surface area contributed by atoms with Gasteiger partial charge in [0.25, 0.3) is 10.1 Å². The quantitative estimate of drug-likeness (QED) is 0.210. The average molecular weight is 345 g/mol. The molecule has 0 aliphatic carbocycles. The van der Waals surface area contributed by atoms with Crippen LogP contribution in [0, 0.1) is 0 Å². The van der Waals surface area contributed by atoms with E-state index in [0.29, 0.717) is 0 Å². The normalized spacial score (nSPS) is 13.5. The van der Waals surface area contributed by atoms with Crippen molar-refractivity contribution in [1.29, 1.82) is 0 Å². The van der Waals surface area contributed by atoms with Gasteiger partial charge in [-0.05, 0) is 19.9 Å². The van der Waals surface area contributed by atoms with E-state index in [-0.39, 0.29) is 37.1 Å². The summed E-state index contributed by atoms with van der Waals surface area (Å²) >= 11 is 0. The van der Waals surface area contributed by atoms with Gasteiger partial charge in [-0.25, -0.2) is 9.59 Å². The topological polar surface area (TPSA) is 158 Å². The molecule has 0 rings (SSSR count). The Balaban J connectivity index is -0.00000200. The fourth-order valence-electron chi connectivity index (χ4n) is 1.74. The van der Waals surface area contributed by atoms with Gasteiger partial charge in [0.15, 0.2) is 0 Å². The molecule has 1 unspecified atom stereocenters. The molecule has 1 atom stereocenters. The van der Waals surface area contributed by atoms with Crippen LogP contribution in [-0.2, 0) is 24.5 Å². The van der Waals surface area contributed by atoms with Gasteiger partial charge in [-0.15, -0.1) is 0 Å². The van der Waals surface area contributed by atoms with Crippen molar-refractivity contribution >= 4 is 28.0 Å². The summed E-state index contributed by atoms with van der Waals surface area (Å²) in [5.74, 6) is -4.40. The third-order valence-corrected chi connectivity index (χ3v) is 3.83. The Morgan fingerprint density at radius 1 is 1.27 bits per heavy atom. The zero-order valence-electron chi connectivity index (χ0n) is 13.2. The van der Waals surface area contributed by atoms with Crippen molar-refractivity contribution in [2.24, 2.45) is 0 Å². The molecule has 0 bridgehead atoms. The zero-order valence-corrected chi connectivity index (χ0v) is 15.0. The molecular weight excluding hydrogens is 329 g/mol. The van der Waals surface area contributed by atoms with Crippen molar-refractivity contribution in [3.8, 4) is 0 Å². The van der Waals surface area contributed by atoms with Crippen LogP contribution in [-0.4, -0.2) is 51.8 Å².